The van der Waals surface area contributed by atoms with Gasteiger partial charge in [-0.3, -0.25) is 4.79 Å². The molecular weight excluding hydrogens is 211 g/mol. The van der Waals surface area contributed by atoms with Crippen LogP contribution in [0.25, 0.3) is 0 Å². The molecule has 1 amide bonds. The minimum atomic E-state index is -4.83. The van der Waals surface area contributed by atoms with Crippen LogP contribution in [0.2, 0.25) is 0 Å². The summed E-state index contributed by atoms with van der Waals surface area (Å²) in [7, 11) is 0. The first-order chi connectivity index (χ1) is 6.79. The lowest BCUT2D eigenvalue weighted by Crippen LogP contribution is -2.21. The van der Waals surface area contributed by atoms with E-state index in [9.17, 15) is 18.0 Å². The van der Waals surface area contributed by atoms with Gasteiger partial charge in [0.1, 0.15) is 5.75 Å². The zero-order chi connectivity index (χ0) is 11.6. The minimum absolute atomic E-state index is 0.285. The van der Waals surface area contributed by atoms with Gasteiger partial charge < -0.3 is 10.5 Å². The third-order valence-electron chi connectivity index (χ3n) is 1.63. The summed E-state index contributed by atoms with van der Waals surface area (Å²) in [6.45, 7) is 1.63. The molecule has 82 valence electrons. The highest BCUT2D eigenvalue weighted by atomic mass is 19.4. The molecule has 0 saturated heterocycles. The number of halogens is 3. The monoisotopic (exact) mass is 219 g/mol. The largest absolute Gasteiger partial charge is 0.573 e. The van der Waals surface area contributed by atoms with Crippen molar-refractivity contribution in [2.45, 2.75) is 13.3 Å². The van der Waals surface area contributed by atoms with E-state index in [4.69, 9.17) is 5.73 Å². The van der Waals surface area contributed by atoms with Crippen LogP contribution in [0.3, 0.4) is 0 Å². The fourth-order valence-electron chi connectivity index (χ4n) is 1.05. The van der Waals surface area contributed by atoms with Gasteiger partial charge in [0, 0.05) is 0 Å². The van der Waals surface area contributed by atoms with Crippen LogP contribution in [0.1, 0.15) is 15.9 Å². The Morgan fingerprint density at radius 3 is 2.47 bits per heavy atom. The number of primary amides is 1. The average Bonchev–Trinajstić information content (AvgIpc) is 2.05. The van der Waals surface area contributed by atoms with Crippen molar-refractivity contribution in [3.05, 3.63) is 29.3 Å². The normalized spacial score (nSPS) is 11.2. The third kappa shape index (κ3) is 3.16. The molecule has 0 aliphatic heterocycles. The number of ether oxygens (including phenoxy) is 1. The quantitative estimate of drug-likeness (QED) is 0.826. The number of hydrogen-bond acceptors (Lipinski definition) is 2. The summed E-state index contributed by atoms with van der Waals surface area (Å²) in [4.78, 5) is 10.8. The molecule has 0 unspecified atom stereocenters. The van der Waals surface area contributed by atoms with E-state index in [1.54, 1.807) is 6.92 Å². The fourth-order valence-corrected chi connectivity index (χ4v) is 1.05. The molecule has 0 saturated carbocycles. The smallest absolute Gasteiger partial charge is 0.405 e. The lowest BCUT2D eigenvalue weighted by Gasteiger charge is -2.11. The first-order valence-corrected chi connectivity index (χ1v) is 3.96. The summed E-state index contributed by atoms with van der Waals surface area (Å²) in [6, 6.07) is 3.69. The zero-order valence-corrected chi connectivity index (χ0v) is 7.76. The van der Waals surface area contributed by atoms with Crippen LogP contribution in [0.5, 0.6) is 5.75 Å². The van der Waals surface area contributed by atoms with E-state index in [1.165, 1.54) is 12.1 Å². The van der Waals surface area contributed by atoms with Crippen molar-refractivity contribution in [1.29, 1.82) is 0 Å². The van der Waals surface area contributed by atoms with Gasteiger partial charge in [0.15, 0.2) is 0 Å². The lowest BCUT2D eigenvalue weighted by atomic mass is 10.1. The van der Waals surface area contributed by atoms with Crippen LogP contribution in [-0.4, -0.2) is 12.3 Å². The summed E-state index contributed by atoms with van der Waals surface area (Å²) < 4.78 is 39.4. The van der Waals surface area contributed by atoms with Gasteiger partial charge in [-0.05, 0) is 19.1 Å². The maximum absolute atomic E-state index is 11.9. The Bertz CT molecular complexity index is 387. The molecule has 1 rings (SSSR count). The fraction of sp³-hybridized carbons (Fsp3) is 0.222. The van der Waals surface area contributed by atoms with Crippen molar-refractivity contribution in [2.24, 2.45) is 5.73 Å². The van der Waals surface area contributed by atoms with Gasteiger partial charge in [-0.1, -0.05) is 11.6 Å². The molecule has 1 aromatic carbocycles. The van der Waals surface area contributed by atoms with Gasteiger partial charge in [0.05, 0.1) is 5.56 Å². The van der Waals surface area contributed by atoms with E-state index in [0.717, 1.165) is 6.07 Å². The van der Waals surface area contributed by atoms with Crippen LogP contribution in [0.4, 0.5) is 13.2 Å². The number of amides is 1. The molecule has 2 N–H and O–H groups in total. The van der Waals surface area contributed by atoms with Crippen LogP contribution >= 0.6 is 0 Å². The van der Waals surface area contributed by atoms with E-state index in [1.807, 2.05) is 0 Å². The number of alkyl halides is 3. The highest BCUT2D eigenvalue weighted by Gasteiger charge is 2.32. The van der Waals surface area contributed by atoms with Crippen molar-refractivity contribution < 1.29 is 22.7 Å². The molecule has 0 aliphatic carbocycles. The van der Waals surface area contributed by atoms with Crippen LogP contribution in [0.15, 0.2) is 18.2 Å². The van der Waals surface area contributed by atoms with E-state index in [-0.39, 0.29) is 5.56 Å². The van der Waals surface area contributed by atoms with E-state index >= 15 is 0 Å². The first kappa shape index (κ1) is 11.4. The molecule has 15 heavy (non-hydrogen) atoms. The Kier molecular flexibility index (Phi) is 2.88. The first-order valence-electron chi connectivity index (χ1n) is 3.96. The second-order valence-electron chi connectivity index (χ2n) is 2.91. The SMILES string of the molecule is Cc1ccc(OC(F)(F)F)c(C(N)=O)c1. The molecule has 0 aliphatic rings. The van der Waals surface area contributed by atoms with E-state index in [2.05, 4.69) is 4.74 Å². The number of carbonyl (C=O) groups excluding carboxylic acids is 1. The van der Waals surface area contributed by atoms with Gasteiger partial charge in [0.25, 0.3) is 5.91 Å². The van der Waals surface area contributed by atoms with Crippen LogP contribution < -0.4 is 10.5 Å². The number of nitrogens with two attached hydrogens (primary N) is 1. The summed E-state index contributed by atoms with van der Waals surface area (Å²) in [6.07, 6.45) is -4.83. The molecule has 0 atom stereocenters. The van der Waals surface area contributed by atoms with Crippen LogP contribution in [-0.2, 0) is 0 Å². The molecule has 6 heteroatoms. The van der Waals surface area contributed by atoms with Crippen molar-refractivity contribution >= 4 is 5.91 Å². The molecule has 0 bridgehead atoms. The van der Waals surface area contributed by atoms with Gasteiger partial charge in [-0.25, -0.2) is 0 Å². The highest BCUT2D eigenvalue weighted by molar-refractivity contribution is 5.95. The Balaban J connectivity index is 3.12. The third-order valence-corrected chi connectivity index (χ3v) is 1.63. The van der Waals surface area contributed by atoms with Crippen LogP contribution in [0, 0.1) is 6.92 Å². The van der Waals surface area contributed by atoms with Gasteiger partial charge in [-0.15, -0.1) is 13.2 Å². The topological polar surface area (TPSA) is 52.3 Å². The van der Waals surface area contributed by atoms with Crippen molar-refractivity contribution in [2.75, 3.05) is 0 Å². The minimum Gasteiger partial charge on any atom is -0.405 e. The number of aryl methyl sites for hydroxylation is 1. The Labute approximate surface area is 83.6 Å². The summed E-state index contributed by atoms with van der Waals surface area (Å²) in [5.74, 6) is -1.54. The Morgan fingerprint density at radius 2 is 2.00 bits per heavy atom. The summed E-state index contributed by atoms with van der Waals surface area (Å²) in [5, 5.41) is 0. The molecule has 1 aromatic rings. The summed E-state index contributed by atoms with van der Waals surface area (Å²) >= 11 is 0. The summed E-state index contributed by atoms with van der Waals surface area (Å²) in [5.41, 5.74) is 5.25. The highest BCUT2D eigenvalue weighted by Crippen LogP contribution is 2.26. The van der Waals surface area contributed by atoms with Gasteiger partial charge in [0.2, 0.25) is 0 Å². The maximum atomic E-state index is 11.9. The second-order valence-corrected chi connectivity index (χ2v) is 2.91. The van der Waals surface area contributed by atoms with Gasteiger partial charge >= 0.3 is 6.36 Å². The molecule has 0 heterocycles. The van der Waals surface area contributed by atoms with Crippen molar-refractivity contribution in [1.82, 2.24) is 0 Å². The molecule has 0 spiro atoms. The predicted octanol–water partition coefficient (Wildman–Crippen LogP) is 1.99. The number of carbonyl (C=O) groups is 1. The van der Waals surface area contributed by atoms with Crippen molar-refractivity contribution in [3.63, 3.8) is 0 Å². The molecule has 0 fully saturated rings. The predicted molar refractivity (Wildman–Crippen MR) is 46.4 cm³/mol. The standard InChI is InChI=1S/C9H8F3NO2/c1-5-2-3-7(15-9(10,11)12)6(4-5)8(13)14/h2-4H,1H3,(H2,13,14). The zero-order valence-electron chi connectivity index (χ0n) is 7.76. The van der Waals surface area contributed by atoms with Gasteiger partial charge in [-0.2, -0.15) is 0 Å². The molecular formula is C9H8F3NO2. The molecule has 0 aromatic heterocycles. The van der Waals surface area contributed by atoms with E-state index < -0.39 is 18.0 Å². The number of benzene rings is 1. The second kappa shape index (κ2) is 3.80. The van der Waals surface area contributed by atoms with E-state index in [0.29, 0.717) is 5.56 Å². The molecule has 0 radical (unpaired) electrons. The maximum Gasteiger partial charge on any atom is 0.573 e. The number of rotatable bonds is 2. The Hall–Kier alpha value is -1.72. The Morgan fingerprint density at radius 1 is 1.40 bits per heavy atom. The van der Waals surface area contributed by atoms with Crippen molar-refractivity contribution in [3.8, 4) is 5.75 Å². The molecule has 3 nitrogen and oxygen atoms in total. The lowest BCUT2D eigenvalue weighted by molar-refractivity contribution is -0.274. The number of hydrogen-bond donors (Lipinski definition) is 1. The average molecular weight is 219 g/mol.